The second kappa shape index (κ2) is 7.83. The van der Waals surface area contributed by atoms with Crippen molar-refractivity contribution >= 4 is 0 Å². The fraction of sp³-hybridized carbons (Fsp3) is 0.750. The van der Waals surface area contributed by atoms with Crippen LogP contribution in [0.25, 0.3) is 0 Å². The molecule has 0 radical (unpaired) electrons. The molecular formula is C24H36FNO. The number of rotatable bonds is 4. The number of hydrogen-bond donors (Lipinski definition) is 1. The maximum atomic E-state index is 14.9. The normalized spacial score (nSPS) is 35.8. The Bertz CT molecular complexity index is 658. The van der Waals surface area contributed by atoms with Crippen LogP contribution < -0.4 is 5.32 Å². The van der Waals surface area contributed by atoms with Crippen LogP contribution in [-0.4, -0.2) is 12.1 Å². The number of nitrogens with one attached hydrogen (secondary N) is 1. The molecule has 1 aromatic rings. The van der Waals surface area contributed by atoms with Crippen molar-refractivity contribution in [1.29, 1.82) is 0 Å². The van der Waals surface area contributed by atoms with E-state index in [9.17, 15) is 4.39 Å². The number of halogens is 1. The zero-order valence-electron chi connectivity index (χ0n) is 17.3. The minimum Gasteiger partial charge on any atom is -0.357 e. The first-order valence-electron chi connectivity index (χ1n) is 11.1. The SMILES string of the molecule is CCCC1CC[C@@H]2C[C@H](c3ccc(C4NC(C)(C)CO4)c(F)c3)CC[C@@H]2C1. The minimum absolute atomic E-state index is 0.0925. The van der Waals surface area contributed by atoms with Gasteiger partial charge in [-0.3, -0.25) is 5.32 Å². The summed E-state index contributed by atoms with van der Waals surface area (Å²) in [5.74, 6) is 3.17. The fourth-order valence-corrected chi connectivity index (χ4v) is 5.87. The van der Waals surface area contributed by atoms with Gasteiger partial charge < -0.3 is 4.74 Å². The van der Waals surface area contributed by atoms with E-state index in [1.807, 2.05) is 6.07 Å². The Morgan fingerprint density at radius 1 is 1.11 bits per heavy atom. The molecule has 0 spiro atoms. The predicted molar refractivity (Wildman–Crippen MR) is 108 cm³/mol. The van der Waals surface area contributed by atoms with Crippen LogP contribution in [0.1, 0.15) is 95.4 Å². The van der Waals surface area contributed by atoms with Crippen molar-refractivity contribution in [2.45, 2.75) is 89.8 Å². The lowest BCUT2D eigenvalue weighted by Gasteiger charge is -2.42. The van der Waals surface area contributed by atoms with Gasteiger partial charge in [-0.05, 0) is 81.3 Å². The van der Waals surface area contributed by atoms with Crippen LogP contribution in [0.15, 0.2) is 18.2 Å². The van der Waals surface area contributed by atoms with Gasteiger partial charge in [0.25, 0.3) is 0 Å². The summed E-state index contributed by atoms with van der Waals surface area (Å²) in [4.78, 5) is 0. The molecular weight excluding hydrogens is 337 g/mol. The maximum Gasteiger partial charge on any atom is 0.137 e. The minimum atomic E-state index is -0.321. The highest BCUT2D eigenvalue weighted by Crippen LogP contribution is 2.48. The monoisotopic (exact) mass is 373 g/mol. The summed E-state index contributed by atoms with van der Waals surface area (Å²) in [6.45, 7) is 7.11. The molecule has 3 heteroatoms. The molecule has 1 N–H and O–H groups in total. The lowest BCUT2D eigenvalue weighted by Crippen LogP contribution is -2.36. The number of fused-ring (bicyclic) bond motifs is 1. The second-order valence-corrected chi connectivity index (χ2v) is 10.00. The summed E-state index contributed by atoms with van der Waals surface area (Å²) in [5.41, 5.74) is 1.76. The van der Waals surface area contributed by atoms with Crippen molar-refractivity contribution in [3.8, 4) is 0 Å². The van der Waals surface area contributed by atoms with Gasteiger partial charge >= 0.3 is 0 Å². The van der Waals surface area contributed by atoms with Crippen molar-refractivity contribution in [1.82, 2.24) is 5.32 Å². The van der Waals surface area contributed by atoms with Gasteiger partial charge in [0, 0.05) is 11.1 Å². The van der Waals surface area contributed by atoms with Gasteiger partial charge in [-0.25, -0.2) is 4.39 Å². The zero-order valence-corrected chi connectivity index (χ0v) is 17.3. The quantitative estimate of drug-likeness (QED) is 0.666. The molecule has 2 saturated carbocycles. The molecule has 27 heavy (non-hydrogen) atoms. The van der Waals surface area contributed by atoms with Gasteiger partial charge in [0.15, 0.2) is 0 Å². The lowest BCUT2D eigenvalue weighted by atomic mass is 9.63. The molecule has 1 heterocycles. The molecule has 2 aliphatic carbocycles. The Kier molecular flexibility index (Phi) is 5.62. The van der Waals surface area contributed by atoms with Crippen molar-refractivity contribution in [2.24, 2.45) is 17.8 Å². The lowest BCUT2D eigenvalue weighted by molar-refractivity contribution is 0.0958. The van der Waals surface area contributed by atoms with Crippen LogP contribution in [0.4, 0.5) is 4.39 Å². The smallest absolute Gasteiger partial charge is 0.137 e. The summed E-state index contributed by atoms with van der Waals surface area (Å²) in [6, 6.07) is 5.90. The van der Waals surface area contributed by atoms with Crippen LogP contribution in [0.5, 0.6) is 0 Å². The fourth-order valence-electron chi connectivity index (χ4n) is 5.87. The average molecular weight is 374 g/mol. The molecule has 3 fully saturated rings. The molecule has 1 aliphatic heterocycles. The standard InChI is InChI=1S/C24H36FNO/c1-4-5-16-6-7-18-13-19(9-8-17(18)12-16)20-10-11-21(22(25)14-20)23-26-24(2,3)15-27-23/h10-11,14,16-19,23,26H,4-9,12-13,15H2,1-3H3/t16?,17-,18-,19-,23?/m1/s1. The Labute approximate surface area is 164 Å². The summed E-state index contributed by atoms with van der Waals surface area (Å²) >= 11 is 0. The highest BCUT2D eigenvalue weighted by molar-refractivity contribution is 5.29. The Hall–Kier alpha value is -0.930. The first-order valence-corrected chi connectivity index (χ1v) is 11.1. The van der Waals surface area contributed by atoms with E-state index in [0.29, 0.717) is 18.1 Å². The molecule has 1 saturated heterocycles. The van der Waals surface area contributed by atoms with E-state index in [0.717, 1.165) is 17.8 Å². The van der Waals surface area contributed by atoms with Crippen molar-refractivity contribution in [2.75, 3.05) is 6.61 Å². The average Bonchev–Trinajstić information content (AvgIpc) is 3.01. The van der Waals surface area contributed by atoms with Crippen LogP contribution >= 0.6 is 0 Å². The maximum absolute atomic E-state index is 14.9. The Morgan fingerprint density at radius 2 is 1.89 bits per heavy atom. The van der Waals surface area contributed by atoms with E-state index in [2.05, 4.69) is 32.2 Å². The van der Waals surface area contributed by atoms with Crippen molar-refractivity contribution in [3.05, 3.63) is 35.1 Å². The summed E-state index contributed by atoms with van der Waals surface area (Å²) in [6.07, 6.45) is 10.5. The van der Waals surface area contributed by atoms with E-state index < -0.39 is 0 Å². The molecule has 0 amide bonds. The van der Waals surface area contributed by atoms with E-state index in [4.69, 9.17) is 4.74 Å². The summed E-state index contributed by atoms with van der Waals surface area (Å²) in [5, 5.41) is 3.38. The third kappa shape index (κ3) is 4.24. The highest BCUT2D eigenvalue weighted by atomic mass is 19.1. The molecule has 4 rings (SSSR count). The van der Waals surface area contributed by atoms with Crippen molar-refractivity contribution < 1.29 is 9.13 Å². The molecule has 150 valence electrons. The van der Waals surface area contributed by atoms with Gasteiger partial charge in [-0.1, -0.05) is 38.3 Å². The largest absolute Gasteiger partial charge is 0.357 e. The molecule has 0 bridgehead atoms. The van der Waals surface area contributed by atoms with Crippen molar-refractivity contribution in [3.63, 3.8) is 0 Å². The Morgan fingerprint density at radius 3 is 2.59 bits per heavy atom. The van der Waals surface area contributed by atoms with Crippen LogP contribution in [0.2, 0.25) is 0 Å². The first-order chi connectivity index (χ1) is 12.9. The van der Waals surface area contributed by atoms with E-state index in [1.165, 1.54) is 56.9 Å². The molecule has 2 nitrogen and oxygen atoms in total. The number of hydrogen-bond acceptors (Lipinski definition) is 2. The van der Waals surface area contributed by atoms with Crippen LogP contribution in [-0.2, 0) is 4.74 Å². The van der Waals surface area contributed by atoms with Crippen LogP contribution in [0, 0.1) is 23.6 Å². The molecule has 2 unspecified atom stereocenters. The topological polar surface area (TPSA) is 21.3 Å². The van der Waals surface area contributed by atoms with Gasteiger partial charge in [0.2, 0.25) is 0 Å². The first kappa shape index (κ1) is 19.4. The zero-order chi connectivity index (χ0) is 19.0. The van der Waals surface area contributed by atoms with Crippen LogP contribution in [0.3, 0.4) is 0 Å². The van der Waals surface area contributed by atoms with Gasteiger partial charge in [-0.15, -0.1) is 0 Å². The third-order valence-electron chi connectivity index (χ3n) is 7.33. The van der Waals surface area contributed by atoms with E-state index in [1.54, 1.807) is 6.07 Å². The summed E-state index contributed by atoms with van der Waals surface area (Å²) < 4.78 is 20.6. The predicted octanol–water partition coefficient (Wildman–Crippen LogP) is 6.32. The highest BCUT2D eigenvalue weighted by Gasteiger charge is 2.37. The number of benzene rings is 1. The molecule has 5 atom stereocenters. The second-order valence-electron chi connectivity index (χ2n) is 10.00. The molecule has 0 aromatic heterocycles. The van der Waals surface area contributed by atoms with E-state index >= 15 is 0 Å². The summed E-state index contributed by atoms with van der Waals surface area (Å²) in [7, 11) is 0. The molecule has 3 aliphatic rings. The third-order valence-corrected chi connectivity index (χ3v) is 7.33. The Balaban J connectivity index is 1.41. The van der Waals surface area contributed by atoms with Gasteiger partial charge in [0.05, 0.1) is 6.61 Å². The number of ether oxygens (including phenoxy) is 1. The molecule has 1 aromatic carbocycles. The van der Waals surface area contributed by atoms with E-state index in [-0.39, 0.29) is 17.6 Å². The van der Waals surface area contributed by atoms with Gasteiger partial charge in [-0.2, -0.15) is 0 Å². The van der Waals surface area contributed by atoms with Gasteiger partial charge in [0.1, 0.15) is 12.0 Å².